The Morgan fingerprint density at radius 1 is 1.29 bits per heavy atom. The Labute approximate surface area is 125 Å². The van der Waals surface area contributed by atoms with Gasteiger partial charge in [0.15, 0.2) is 0 Å². The van der Waals surface area contributed by atoms with E-state index in [9.17, 15) is 19.2 Å². The molecule has 0 spiro atoms. The molecule has 0 aromatic rings. The van der Waals surface area contributed by atoms with Gasteiger partial charge in [0.05, 0.1) is 0 Å². The van der Waals surface area contributed by atoms with Crippen LogP contribution in [-0.2, 0) is 14.4 Å². The summed E-state index contributed by atoms with van der Waals surface area (Å²) in [6.07, 6.45) is 0.133. The number of hydrogen-bond donors (Lipinski definition) is 3. The van der Waals surface area contributed by atoms with E-state index in [2.05, 4.69) is 5.32 Å². The van der Waals surface area contributed by atoms with Gasteiger partial charge >= 0.3 is 11.9 Å². The number of amides is 2. The van der Waals surface area contributed by atoms with Crippen molar-refractivity contribution in [3.8, 4) is 0 Å². The maximum Gasteiger partial charge on any atom is 0.326 e. The molecule has 1 rings (SSSR count). The van der Waals surface area contributed by atoms with E-state index in [0.29, 0.717) is 12.3 Å². The highest BCUT2D eigenvalue weighted by atomic mass is 32.2. The summed E-state index contributed by atoms with van der Waals surface area (Å²) in [5, 5.41) is 19.8. The van der Waals surface area contributed by atoms with E-state index in [0.717, 1.165) is 0 Å². The van der Waals surface area contributed by atoms with Crippen LogP contribution in [0.1, 0.15) is 25.7 Å². The molecule has 21 heavy (non-hydrogen) atoms. The van der Waals surface area contributed by atoms with Crippen molar-refractivity contribution < 1.29 is 29.4 Å². The zero-order valence-corrected chi connectivity index (χ0v) is 12.2. The molecule has 1 aliphatic heterocycles. The molecule has 0 saturated carbocycles. The third kappa shape index (κ3) is 6.48. The summed E-state index contributed by atoms with van der Waals surface area (Å²) < 4.78 is 0. The van der Waals surface area contributed by atoms with Crippen LogP contribution < -0.4 is 5.32 Å². The van der Waals surface area contributed by atoms with Gasteiger partial charge in [-0.15, -0.1) is 0 Å². The molecule has 9 heteroatoms. The van der Waals surface area contributed by atoms with Gasteiger partial charge in [0.2, 0.25) is 5.91 Å². The Morgan fingerprint density at radius 3 is 2.52 bits per heavy atom. The number of carboxylic acid groups (broad SMARTS) is 2. The average Bonchev–Trinajstić information content (AvgIpc) is 2.80. The van der Waals surface area contributed by atoms with Crippen molar-refractivity contribution in [1.82, 2.24) is 10.2 Å². The number of nitrogens with zero attached hydrogens (tertiary/aromatic N) is 1. The minimum Gasteiger partial charge on any atom is -0.481 e. The van der Waals surface area contributed by atoms with Gasteiger partial charge < -0.3 is 20.4 Å². The van der Waals surface area contributed by atoms with Crippen molar-refractivity contribution in [2.24, 2.45) is 0 Å². The maximum atomic E-state index is 11.7. The summed E-state index contributed by atoms with van der Waals surface area (Å²) >= 11 is 1.20. The summed E-state index contributed by atoms with van der Waals surface area (Å²) in [5.41, 5.74) is 0. The number of carbonyl (C=O) groups is 4. The fourth-order valence-electron chi connectivity index (χ4n) is 1.85. The molecule has 2 amide bonds. The second kappa shape index (κ2) is 8.50. The standard InChI is InChI=1S/C12H18N2O6S/c15-9(4-5-14-6-7-21-12(14)20)13-8(11(18)19)2-1-3-10(16)17/h8H,1-7H2,(H,13,15)(H,16,17)(H,18,19)/t8-/m1/s1. The van der Waals surface area contributed by atoms with Gasteiger partial charge in [-0.05, 0) is 12.8 Å². The van der Waals surface area contributed by atoms with E-state index in [1.807, 2.05) is 0 Å². The first-order chi connectivity index (χ1) is 9.90. The molecule has 1 atom stereocenters. The van der Waals surface area contributed by atoms with Gasteiger partial charge in [-0.3, -0.25) is 14.4 Å². The lowest BCUT2D eigenvalue weighted by atomic mass is 10.1. The molecule has 3 N–H and O–H groups in total. The van der Waals surface area contributed by atoms with E-state index >= 15 is 0 Å². The monoisotopic (exact) mass is 318 g/mol. The largest absolute Gasteiger partial charge is 0.481 e. The summed E-state index contributed by atoms with van der Waals surface area (Å²) in [6.45, 7) is 0.858. The van der Waals surface area contributed by atoms with Crippen LogP contribution in [0.15, 0.2) is 0 Å². The Bertz CT molecular complexity index is 428. The smallest absolute Gasteiger partial charge is 0.326 e. The maximum absolute atomic E-state index is 11.7. The number of carbonyl (C=O) groups excluding carboxylic acids is 2. The minimum absolute atomic E-state index is 0.0367. The van der Waals surface area contributed by atoms with Crippen LogP contribution in [0.5, 0.6) is 0 Å². The third-order valence-corrected chi connectivity index (χ3v) is 3.86. The van der Waals surface area contributed by atoms with Gasteiger partial charge in [0.25, 0.3) is 5.24 Å². The van der Waals surface area contributed by atoms with Crippen LogP contribution in [-0.4, -0.2) is 63.1 Å². The Hall–Kier alpha value is -1.77. The molecule has 8 nitrogen and oxygen atoms in total. The highest BCUT2D eigenvalue weighted by Crippen LogP contribution is 2.17. The third-order valence-electron chi connectivity index (χ3n) is 2.97. The van der Waals surface area contributed by atoms with Crippen LogP contribution in [0.25, 0.3) is 0 Å². The molecule has 1 saturated heterocycles. The first kappa shape index (κ1) is 17.3. The van der Waals surface area contributed by atoms with Crippen LogP contribution in [0, 0.1) is 0 Å². The van der Waals surface area contributed by atoms with Crippen molar-refractivity contribution in [1.29, 1.82) is 0 Å². The second-order valence-electron chi connectivity index (χ2n) is 4.60. The topological polar surface area (TPSA) is 124 Å². The molecule has 0 radical (unpaired) electrons. The Balaban J connectivity index is 2.32. The molecular formula is C12H18N2O6S. The van der Waals surface area contributed by atoms with Crippen molar-refractivity contribution >= 4 is 34.8 Å². The van der Waals surface area contributed by atoms with Gasteiger partial charge in [-0.1, -0.05) is 11.8 Å². The lowest BCUT2D eigenvalue weighted by molar-refractivity contribution is -0.142. The molecule has 0 aliphatic carbocycles. The number of rotatable bonds is 9. The summed E-state index contributed by atoms with van der Waals surface area (Å²) in [7, 11) is 0. The average molecular weight is 318 g/mol. The summed E-state index contributed by atoms with van der Waals surface area (Å²) in [6, 6.07) is -1.10. The first-order valence-electron chi connectivity index (χ1n) is 6.56. The van der Waals surface area contributed by atoms with Gasteiger partial charge in [0.1, 0.15) is 6.04 Å². The highest BCUT2D eigenvalue weighted by molar-refractivity contribution is 8.13. The number of hydrogen-bond acceptors (Lipinski definition) is 5. The molecule has 0 bridgehead atoms. The Kier molecular flexibility index (Phi) is 7.00. The molecule has 1 aliphatic rings. The molecular weight excluding hydrogens is 300 g/mol. The van der Waals surface area contributed by atoms with Crippen LogP contribution >= 0.6 is 11.8 Å². The van der Waals surface area contributed by atoms with Gasteiger partial charge in [0, 0.05) is 31.7 Å². The van der Waals surface area contributed by atoms with Crippen LogP contribution in [0.4, 0.5) is 4.79 Å². The molecule has 0 unspecified atom stereocenters. The lowest BCUT2D eigenvalue weighted by Crippen LogP contribution is -2.42. The predicted molar refractivity (Wildman–Crippen MR) is 75.1 cm³/mol. The number of carboxylic acids is 2. The van der Waals surface area contributed by atoms with E-state index in [4.69, 9.17) is 10.2 Å². The van der Waals surface area contributed by atoms with E-state index in [1.165, 1.54) is 11.8 Å². The molecule has 1 heterocycles. The minimum atomic E-state index is -1.19. The van der Waals surface area contributed by atoms with E-state index < -0.39 is 23.9 Å². The fraction of sp³-hybridized carbons (Fsp3) is 0.667. The zero-order chi connectivity index (χ0) is 15.8. The van der Waals surface area contributed by atoms with E-state index in [-0.39, 0.29) is 37.5 Å². The number of thioether (sulfide) groups is 1. The fourth-order valence-corrected chi connectivity index (χ4v) is 2.70. The van der Waals surface area contributed by atoms with Gasteiger partial charge in [-0.2, -0.15) is 0 Å². The predicted octanol–water partition coefficient (Wildman–Crippen LogP) is 0.370. The molecule has 0 aromatic carbocycles. The second-order valence-corrected chi connectivity index (χ2v) is 5.64. The lowest BCUT2D eigenvalue weighted by Gasteiger charge is -2.17. The normalized spacial score (nSPS) is 15.8. The van der Waals surface area contributed by atoms with Crippen molar-refractivity contribution in [3.05, 3.63) is 0 Å². The van der Waals surface area contributed by atoms with Crippen molar-refractivity contribution in [2.75, 3.05) is 18.8 Å². The number of nitrogens with one attached hydrogen (secondary N) is 1. The van der Waals surface area contributed by atoms with Crippen LogP contribution in [0.3, 0.4) is 0 Å². The number of aliphatic carboxylic acids is 2. The quantitative estimate of drug-likeness (QED) is 0.561. The zero-order valence-electron chi connectivity index (χ0n) is 11.4. The summed E-state index contributed by atoms with van der Waals surface area (Å²) in [5.74, 6) is -1.95. The van der Waals surface area contributed by atoms with Crippen molar-refractivity contribution in [3.63, 3.8) is 0 Å². The SMILES string of the molecule is O=C(O)CCC[C@@H](NC(=O)CCN1CCSC1=O)C(=O)O. The summed E-state index contributed by atoms with van der Waals surface area (Å²) in [4.78, 5) is 45.9. The first-order valence-corrected chi connectivity index (χ1v) is 7.54. The van der Waals surface area contributed by atoms with Crippen LogP contribution in [0.2, 0.25) is 0 Å². The Morgan fingerprint density at radius 2 is 2.00 bits per heavy atom. The van der Waals surface area contributed by atoms with E-state index in [1.54, 1.807) is 4.90 Å². The molecule has 1 fully saturated rings. The van der Waals surface area contributed by atoms with Gasteiger partial charge in [-0.25, -0.2) is 4.79 Å². The highest BCUT2D eigenvalue weighted by Gasteiger charge is 2.23. The molecule has 118 valence electrons. The van der Waals surface area contributed by atoms with Crippen molar-refractivity contribution in [2.45, 2.75) is 31.7 Å². The molecule has 0 aromatic heterocycles.